The lowest BCUT2D eigenvalue weighted by atomic mass is 9.43. The molecule has 12 heteroatoms. The van der Waals surface area contributed by atoms with E-state index in [0.29, 0.717) is 16.5 Å². The zero-order valence-electron chi connectivity index (χ0n) is 18.7. The third-order valence-electron chi connectivity index (χ3n) is 5.86. The number of rotatable bonds is 10. The average Bonchev–Trinajstić information content (AvgIpc) is 2.78. The summed E-state index contributed by atoms with van der Waals surface area (Å²) in [5.74, 6) is 0.244. The van der Waals surface area contributed by atoms with Gasteiger partial charge in [-0.3, -0.25) is 8.78 Å². The van der Waals surface area contributed by atoms with Crippen LogP contribution in [-0.4, -0.2) is 71.5 Å². The fraction of sp³-hybridized carbons (Fsp3) is 0.348. The summed E-state index contributed by atoms with van der Waals surface area (Å²) >= 11 is 0. The molecular formula is C23H20B4F3O4P. The zero-order valence-corrected chi connectivity index (χ0v) is 19.9. The summed E-state index contributed by atoms with van der Waals surface area (Å²) < 4.78 is 55.6. The molecule has 4 nitrogen and oxygen atoms in total. The predicted octanol–water partition coefficient (Wildman–Crippen LogP) is 2.85. The first-order chi connectivity index (χ1) is 16.2. The molecule has 0 aliphatic heterocycles. The standard InChI is InChI=1S/C23H20B4F3O4P/c24-20(28,8-10-31)22(26,29)23(27,30)21(25,35)9-11-33-16-7-6-15-12-17(14-4-2-1-3-5-14)19(32)34-18(15)13-16/h1-7,12-13,31H,8-11,35H2. The summed E-state index contributed by atoms with van der Waals surface area (Å²) in [6, 6.07) is 15.4. The van der Waals surface area contributed by atoms with E-state index in [0.717, 1.165) is 0 Å². The van der Waals surface area contributed by atoms with E-state index in [1.54, 1.807) is 42.5 Å². The Morgan fingerprint density at radius 2 is 1.60 bits per heavy atom. The van der Waals surface area contributed by atoms with Crippen molar-refractivity contribution in [2.75, 3.05) is 13.2 Å². The highest BCUT2D eigenvalue weighted by Gasteiger charge is 2.61. The smallest absolute Gasteiger partial charge is 0.344 e. The van der Waals surface area contributed by atoms with E-state index in [9.17, 15) is 13.6 Å². The number of aliphatic hydroxyl groups excluding tert-OH is 1. The fourth-order valence-corrected chi connectivity index (χ4v) is 3.83. The van der Waals surface area contributed by atoms with Gasteiger partial charge in [-0.2, -0.15) is 0 Å². The molecule has 0 amide bonds. The van der Waals surface area contributed by atoms with E-state index in [4.69, 9.17) is 45.6 Å². The van der Waals surface area contributed by atoms with Crippen LogP contribution >= 0.6 is 9.24 Å². The highest BCUT2D eigenvalue weighted by atomic mass is 31.0. The van der Waals surface area contributed by atoms with E-state index in [2.05, 4.69) is 0 Å². The summed E-state index contributed by atoms with van der Waals surface area (Å²) in [5.41, 5.74) is -10.3. The maximum Gasteiger partial charge on any atom is 0.344 e. The van der Waals surface area contributed by atoms with Gasteiger partial charge in [0.1, 0.15) is 40.4 Å². The molecule has 35 heavy (non-hydrogen) atoms. The molecule has 0 saturated carbocycles. The van der Waals surface area contributed by atoms with Crippen LogP contribution in [0.5, 0.6) is 5.75 Å². The van der Waals surface area contributed by atoms with E-state index in [1.807, 2.05) is 15.3 Å². The molecule has 0 spiro atoms. The Morgan fingerprint density at radius 1 is 0.943 bits per heavy atom. The summed E-state index contributed by atoms with van der Waals surface area (Å²) in [7, 11) is 23.4. The van der Waals surface area contributed by atoms with Gasteiger partial charge in [0, 0.05) is 18.1 Å². The molecule has 3 rings (SSSR count). The Bertz CT molecular complexity index is 1240. The van der Waals surface area contributed by atoms with Gasteiger partial charge in [-0.05, 0) is 41.7 Å². The molecule has 5 atom stereocenters. The Kier molecular flexibility index (Phi) is 7.93. The molecule has 0 aliphatic carbocycles. The molecule has 8 radical (unpaired) electrons. The molecule has 1 heterocycles. The lowest BCUT2D eigenvalue weighted by molar-refractivity contribution is -0.0234. The van der Waals surface area contributed by atoms with E-state index >= 15 is 4.39 Å². The summed E-state index contributed by atoms with van der Waals surface area (Å²) in [6.07, 6.45) is -1.44. The third-order valence-corrected chi connectivity index (χ3v) is 6.57. The monoisotopic (exact) mass is 492 g/mol. The van der Waals surface area contributed by atoms with Gasteiger partial charge in [0.15, 0.2) is 0 Å². The van der Waals surface area contributed by atoms with Crippen LogP contribution in [0.25, 0.3) is 22.1 Å². The molecule has 5 unspecified atom stereocenters. The van der Waals surface area contributed by atoms with E-state index in [-0.39, 0.29) is 17.9 Å². The van der Waals surface area contributed by atoms with Crippen molar-refractivity contribution in [1.82, 2.24) is 0 Å². The van der Waals surface area contributed by atoms with Crippen LogP contribution in [0.4, 0.5) is 13.2 Å². The van der Waals surface area contributed by atoms with Crippen LogP contribution in [0.15, 0.2) is 63.8 Å². The van der Waals surface area contributed by atoms with Crippen LogP contribution in [-0.2, 0) is 0 Å². The van der Waals surface area contributed by atoms with Crippen molar-refractivity contribution in [3.05, 3.63) is 65.0 Å². The van der Waals surface area contributed by atoms with Crippen molar-refractivity contribution >= 4 is 51.6 Å². The minimum absolute atomic E-state index is 0.244. The highest BCUT2D eigenvalue weighted by molar-refractivity contribution is 7.23. The molecule has 174 valence electrons. The first-order valence-corrected chi connectivity index (χ1v) is 11.2. The Morgan fingerprint density at radius 3 is 2.23 bits per heavy atom. The highest BCUT2D eigenvalue weighted by Crippen LogP contribution is 2.47. The van der Waals surface area contributed by atoms with Gasteiger partial charge in [0.05, 0.1) is 31.2 Å². The van der Waals surface area contributed by atoms with Crippen molar-refractivity contribution in [2.45, 2.75) is 34.6 Å². The second-order valence-electron chi connectivity index (χ2n) is 8.41. The molecule has 0 aliphatic rings. The molecular weight excluding hydrogens is 471 g/mol. The van der Waals surface area contributed by atoms with Crippen molar-refractivity contribution in [2.24, 2.45) is 0 Å². The van der Waals surface area contributed by atoms with Gasteiger partial charge in [-0.25, -0.2) is 9.18 Å². The number of aliphatic hydroxyl groups is 1. The lowest BCUT2D eigenvalue weighted by Gasteiger charge is -2.52. The molecule has 3 aromatic rings. The largest absolute Gasteiger partial charge is 0.493 e. The Hall–Kier alpha value is -2.11. The molecule has 0 saturated heterocycles. The number of hydrogen-bond acceptors (Lipinski definition) is 4. The average molecular weight is 492 g/mol. The Balaban J connectivity index is 1.75. The van der Waals surface area contributed by atoms with Crippen LogP contribution in [0, 0.1) is 0 Å². The minimum atomic E-state index is -3.94. The van der Waals surface area contributed by atoms with Crippen LogP contribution in [0.3, 0.4) is 0 Å². The van der Waals surface area contributed by atoms with E-state index in [1.165, 1.54) is 6.07 Å². The van der Waals surface area contributed by atoms with Gasteiger partial charge in [-0.1, -0.05) is 30.3 Å². The topological polar surface area (TPSA) is 59.7 Å². The SMILES string of the molecule is [B]C(F)(CCO)C([B])(F)C([B])(F)C([B])(P)CCOc1ccc2cc(-c3ccccc3)c(=O)oc2c1. The molecule has 0 fully saturated rings. The number of ether oxygens (including phenoxy) is 1. The second-order valence-corrected chi connectivity index (χ2v) is 9.44. The first kappa shape index (κ1) is 27.5. The minimum Gasteiger partial charge on any atom is -0.493 e. The van der Waals surface area contributed by atoms with Gasteiger partial charge >= 0.3 is 5.63 Å². The van der Waals surface area contributed by atoms with Gasteiger partial charge < -0.3 is 14.3 Å². The normalized spacial score (nSPS) is 18.7. The second kappa shape index (κ2) is 10.1. The van der Waals surface area contributed by atoms with Crippen molar-refractivity contribution in [1.29, 1.82) is 0 Å². The first-order valence-electron chi connectivity index (χ1n) is 10.6. The Labute approximate surface area is 208 Å². The quantitative estimate of drug-likeness (QED) is 0.269. The van der Waals surface area contributed by atoms with Gasteiger partial charge in [-0.15, -0.1) is 9.24 Å². The van der Waals surface area contributed by atoms with Crippen LogP contribution in [0.1, 0.15) is 12.8 Å². The summed E-state index contributed by atoms with van der Waals surface area (Å²) in [4.78, 5) is 12.4. The molecule has 1 aromatic heterocycles. The van der Waals surface area contributed by atoms with Gasteiger partial charge in [0.2, 0.25) is 0 Å². The number of alkyl halides is 3. The number of hydrogen-bond donors (Lipinski definition) is 1. The maximum absolute atomic E-state index is 15.2. The van der Waals surface area contributed by atoms with Crippen molar-refractivity contribution in [3.8, 4) is 16.9 Å². The maximum atomic E-state index is 15.2. The number of fused-ring (bicyclic) bond motifs is 1. The van der Waals surface area contributed by atoms with Crippen LogP contribution in [0.2, 0.25) is 0 Å². The van der Waals surface area contributed by atoms with Crippen molar-refractivity contribution < 1.29 is 27.4 Å². The fourth-order valence-electron chi connectivity index (χ4n) is 3.51. The zero-order chi connectivity index (χ0) is 26.1. The summed E-state index contributed by atoms with van der Waals surface area (Å²) in [6.45, 7) is -1.19. The van der Waals surface area contributed by atoms with Crippen LogP contribution < -0.4 is 10.4 Å². The third kappa shape index (κ3) is 5.36. The number of halogens is 3. The van der Waals surface area contributed by atoms with Crippen molar-refractivity contribution in [3.63, 3.8) is 0 Å². The molecule has 0 bridgehead atoms. The molecule has 2 aromatic carbocycles. The summed E-state index contributed by atoms with van der Waals surface area (Å²) in [5, 5.41) is 7.20. The predicted molar refractivity (Wildman–Crippen MR) is 137 cm³/mol. The van der Waals surface area contributed by atoms with E-state index < -0.39 is 46.8 Å². The lowest BCUT2D eigenvalue weighted by Crippen LogP contribution is -2.70. The van der Waals surface area contributed by atoms with Gasteiger partial charge in [0.25, 0.3) is 0 Å². The molecule has 1 N–H and O–H groups in total. The number of benzene rings is 2.